The van der Waals surface area contributed by atoms with Gasteiger partial charge in [-0.25, -0.2) is 13.4 Å². The zero-order valence-corrected chi connectivity index (χ0v) is 16.4. The molecule has 4 rings (SSSR count). The average molecular weight is 393 g/mol. The van der Waals surface area contributed by atoms with Crippen molar-refractivity contribution in [2.75, 3.05) is 28.7 Å². The Bertz CT molecular complexity index is 1270. The van der Waals surface area contributed by atoms with Crippen molar-refractivity contribution in [3.8, 4) is 0 Å². The fourth-order valence-electron chi connectivity index (χ4n) is 3.24. The van der Waals surface area contributed by atoms with Crippen LogP contribution in [0.4, 0.5) is 22.7 Å². The number of benzene rings is 3. The Balaban J connectivity index is 1.80. The molecule has 0 radical (unpaired) electrons. The summed E-state index contributed by atoms with van der Waals surface area (Å²) in [6.45, 7) is 0. The number of H-pyrrole nitrogens is 1. The van der Waals surface area contributed by atoms with Crippen LogP contribution >= 0.6 is 0 Å². The summed E-state index contributed by atoms with van der Waals surface area (Å²) in [7, 11) is -1.40. The Labute approximate surface area is 163 Å². The van der Waals surface area contributed by atoms with Crippen molar-refractivity contribution in [3.05, 3.63) is 66.7 Å². The van der Waals surface area contributed by atoms with Gasteiger partial charge in [0.05, 0.1) is 22.7 Å². The molecule has 0 aliphatic heterocycles. The lowest BCUT2D eigenvalue weighted by atomic mass is 10.1. The van der Waals surface area contributed by atoms with E-state index in [9.17, 15) is 8.42 Å². The minimum Gasteiger partial charge on any atom is -0.388 e. The van der Waals surface area contributed by atoms with Gasteiger partial charge in [-0.05, 0) is 42.5 Å². The number of aromatic amines is 1. The molecule has 6 nitrogen and oxygen atoms in total. The molecule has 28 heavy (non-hydrogen) atoms. The van der Waals surface area contributed by atoms with E-state index in [2.05, 4.69) is 38.5 Å². The van der Waals surface area contributed by atoms with E-state index in [1.54, 1.807) is 12.1 Å². The van der Waals surface area contributed by atoms with Gasteiger partial charge >= 0.3 is 0 Å². The summed E-state index contributed by atoms with van der Waals surface area (Å²) in [5.74, 6) is 0. The molecule has 0 amide bonds. The van der Waals surface area contributed by atoms with Crippen molar-refractivity contribution in [2.45, 2.75) is 0 Å². The van der Waals surface area contributed by atoms with Crippen LogP contribution in [0.3, 0.4) is 0 Å². The average Bonchev–Trinajstić information content (AvgIpc) is 2.67. The van der Waals surface area contributed by atoms with Gasteiger partial charge in [0.2, 0.25) is 21.1 Å². The van der Waals surface area contributed by atoms with Crippen LogP contribution in [0.5, 0.6) is 0 Å². The van der Waals surface area contributed by atoms with E-state index in [-0.39, 0.29) is 0 Å². The Morgan fingerprint density at radius 3 is 2.14 bits per heavy atom. The van der Waals surface area contributed by atoms with Crippen LogP contribution in [-0.4, -0.2) is 21.7 Å². The van der Waals surface area contributed by atoms with Gasteiger partial charge in [-0.1, -0.05) is 12.1 Å². The van der Waals surface area contributed by atoms with Gasteiger partial charge in [0.1, 0.15) is 0 Å². The van der Waals surface area contributed by atoms with Crippen molar-refractivity contribution < 1.29 is 13.4 Å². The van der Waals surface area contributed by atoms with Crippen LogP contribution < -0.4 is 20.3 Å². The highest BCUT2D eigenvalue weighted by atomic mass is 32.2. The maximum Gasteiger partial charge on any atom is 0.229 e. The van der Waals surface area contributed by atoms with E-state index in [0.29, 0.717) is 5.69 Å². The molecule has 0 atom stereocenters. The summed E-state index contributed by atoms with van der Waals surface area (Å²) in [4.78, 5) is 3.49. The smallest absolute Gasteiger partial charge is 0.229 e. The van der Waals surface area contributed by atoms with E-state index in [1.165, 1.54) is 0 Å². The van der Waals surface area contributed by atoms with E-state index < -0.39 is 10.0 Å². The summed E-state index contributed by atoms with van der Waals surface area (Å²) >= 11 is 0. The molecule has 7 heteroatoms. The molecule has 0 saturated heterocycles. The molecule has 0 fully saturated rings. The van der Waals surface area contributed by atoms with Crippen LogP contribution in [0.25, 0.3) is 21.8 Å². The number of sulfonamides is 1. The van der Waals surface area contributed by atoms with Gasteiger partial charge in [-0.15, -0.1) is 0 Å². The third-order valence-corrected chi connectivity index (χ3v) is 5.11. The summed E-state index contributed by atoms with van der Waals surface area (Å²) in [6.07, 6.45) is 1.14. The van der Waals surface area contributed by atoms with Crippen molar-refractivity contribution in [1.82, 2.24) is 0 Å². The SMILES string of the molecule is CNc1ccc2c(Nc3ccc(NS(C)(=O)=O)cc3)c3ccccc3[nH+]c2c1. The minimum atomic E-state index is -3.29. The van der Waals surface area contributed by atoms with Crippen molar-refractivity contribution >= 4 is 54.6 Å². The first-order valence-electron chi connectivity index (χ1n) is 8.83. The summed E-state index contributed by atoms with van der Waals surface area (Å²) in [5.41, 5.74) is 5.47. The predicted molar refractivity (Wildman–Crippen MR) is 116 cm³/mol. The lowest BCUT2D eigenvalue weighted by molar-refractivity contribution is -0.310. The molecule has 0 aliphatic rings. The van der Waals surface area contributed by atoms with Crippen molar-refractivity contribution in [3.63, 3.8) is 0 Å². The summed E-state index contributed by atoms with van der Waals surface area (Å²) in [6, 6.07) is 21.5. The summed E-state index contributed by atoms with van der Waals surface area (Å²) in [5, 5.41) is 8.80. The molecule has 0 aliphatic carbocycles. The van der Waals surface area contributed by atoms with E-state index in [4.69, 9.17) is 0 Å². The van der Waals surface area contributed by atoms with Gasteiger partial charge < -0.3 is 10.6 Å². The highest BCUT2D eigenvalue weighted by Gasteiger charge is 2.14. The first-order valence-corrected chi connectivity index (χ1v) is 10.7. The molecule has 4 aromatic rings. The zero-order valence-electron chi connectivity index (χ0n) is 15.6. The van der Waals surface area contributed by atoms with Gasteiger partial charge in [0, 0.05) is 36.2 Å². The van der Waals surface area contributed by atoms with E-state index in [1.807, 2.05) is 43.4 Å². The third-order valence-electron chi connectivity index (χ3n) is 4.50. The Kier molecular flexibility index (Phi) is 4.52. The van der Waals surface area contributed by atoms with Crippen molar-refractivity contribution in [1.29, 1.82) is 0 Å². The quantitative estimate of drug-likeness (QED) is 0.448. The molecule has 0 bridgehead atoms. The highest BCUT2D eigenvalue weighted by molar-refractivity contribution is 7.92. The highest BCUT2D eigenvalue weighted by Crippen LogP contribution is 2.32. The number of hydrogen-bond acceptors (Lipinski definition) is 4. The molecule has 1 aromatic heterocycles. The van der Waals surface area contributed by atoms with Gasteiger partial charge in [-0.3, -0.25) is 4.72 Å². The molecule has 4 N–H and O–H groups in total. The molecule has 3 aromatic carbocycles. The number of para-hydroxylation sites is 1. The molecular formula is C21H21N4O2S+. The fraction of sp³-hybridized carbons (Fsp3) is 0.0952. The standard InChI is InChI=1S/C21H20N4O2S/c1-22-16-11-12-18-20(13-16)24-19-6-4-3-5-17(19)21(18)23-14-7-9-15(10-8-14)25-28(2,26)27/h3-13,22,25H,1-2H3,(H,23,24)/p+1. The summed E-state index contributed by atoms with van der Waals surface area (Å²) < 4.78 is 25.2. The largest absolute Gasteiger partial charge is 0.388 e. The predicted octanol–water partition coefficient (Wildman–Crippen LogP) is 3.96. The number of hydrogen-bond donors (Lipinski definition) is 3. The molecule has 1 heterocycles. The van der Waals surface area contributed by atoms with Crippen LogP contribution in [-0.2, 0) is 10.0 Å². The lowest BCUT2D eigenvalue weighted by Gasteiger charge is -2.12. The number of aromatic nitrogens is 1. The van der Waals surface area contributed by atoms with Crippen LogP contribution in [0.1, 0.15) is 0 Å². The van der Waals surface area contributed by atoms with Gasteiger partial charge in [0.15, 0.2) is 0 Å². The molecule has 142 valence electrons. The monoisotopic (exact) mass is 393 g/mol. The van der Waals surface area contributed by atoms with E-state index >= 15 is 0 Å². The van der Waals surface area contributed by atoms with Crippen LogP contribution in [0.15, 0.2) is 66.7 Å². The Hall–Kier alpha value is -3.32. The van der Waals surface area contributed by atoms with Gasteiger partial charge in [-0.2, -0.15) is 0 Å². The number of pyridine rings is 1. The normalized spacial score (nSPS) is 11.5. The molecule has 0 unspecified atom stereocenters. The number of anilines is 4. The van der Waals surface area contributed by atoms with Gasteiger partial charge in [0.25, 0.3) is 0 Å². The second-order valence-electron chi connectivity index (χ2n) is 6.63. The van der Waals surface area contributed by atoms with Crippen LogP contribution in [0.2, 0.25) is 0 Å². The number of nitrogens with one attached hydrogen (secondary N) is 4. The maximum atomic E-state index is 11.4. The third kappa shape index (κ3) is 3.70. The number of fused-ring (bicyclic) bond motifs is 2. The Morgan fingerprint density at radius 1 is 0.786 bits per heavy atom. The van der Waals surface area contributed by atoms with E-state index in [0.717, 1.165) is 45.1 Å². The second-order valence-corrected chi connectivity index (χ2v) is 8.38. The first kappa shape index (κ1) is 18.1. The molecule has 0 spiro atoms. The lowest BCUT2D eigenvalue weighted by Crippen LogP contribution is -2.09. The minimum absolute atomic E-state index is 0.530. The Morgan fingerprint density at radius 2 is 1.43 bits per heavy atom. The first-order chi connectivity index (χ1) is 13.4. The molecular weight excluding hydrogens is 372 g/mol. The number of rotatable bonds is 5. The van der Waals surface area contributed by atoms with Crippen molar-refractivity contribution in [2.24, 2.45) is 0 Å². The zero-order chi connectivity index (χ0) is 19.7. The topological polar surface area (TPSA) is 84.4 Å². The maximum absolute atomic E-state index is 11.4. The van der Waals surface area contributed by atoms with Crippen LogP contribution in [0, 0.1) is 0 Å². The second kappa shape index (κ2) is 7.01. The fourth-order valence-corrected chi connectivity index (χ4v) is 3.80. The molecule has 0 saturated carbocycles.